The van der Waals surface area contributed by atoms with Crippen LogP contribution in [0.2, 0.25) is 0 Å². The summed E-state index contributed by atoms with van der Waals surface area (Å²) in [7, 11) is 0. The number of aryl methyl sites for hydroxylation is 1. The number of hydrogen-bond acceptors (Lipinski definition) is 3. The zero-order chi connectivity index (χ0) is 12.3. The summed E-state index contributed by atoms with van der Waals surface area (Å²) in [5.41, 5.74) is 2.39. The van der Waals surface area contributed by atoms with Crippen molar-refractivity contribution in [2.75, 3.05) is 13.1 Å². The number of likely N-dealkylation sites (tertiary alicyclic amines) is 1. The largest absolute Gasteiger partial charge is 0.392 e. The molecule has 0 amide bonds. The Labute approximate surface area is 103 Å². The highest BCUT2D eigenvalue weighted by atomic mass is 16.3. The molecule has 1 N–H and O–H groups in total. The van der Waals surface area contributed by atoms with Gasteiger partial charge < -0.3 is 5.11 Å². The molecule has 2 rings (SSSR count). The third-order valence-corrected chi connectivity index (χ3v) is 3.67. The molecule has 0 spiro atoms. The summed E-state index contributed by atoms with van der Waals surface area (Å²) in [6.07, 6.45) is 4.83. The average molecular weight is 234 g/mol. The molecule has 17 heavy (non-hydrogen) atoms. The maximum atomic E-state index is 9.70. The Hall–Kier alpha value is -0.930. The van der Waals surface area contributed by atoms with Gasteiger partial charge in [0.25, 0.3) is 0 Å². The number of aromatic nitrogens is 1. The number of pyridine rings is 1. The van der Waals surface area contributed by atoms with Crippen molar-refractivity contribution < 1.29 is 5.11 Å². The van der Waals surface area contributed by atoms with Crippen molar-refractivity contribution in [2.45, 2.75) is 45.3 Å². The summed E-state index contributed by atoms with van der Waals surface area (Å²) in [5.74, 6) is 0. The molecule has 0 aromatic carbocycles. The molecule has 1 aliphatic heterocycles. The molecular weight excluding hydrogens is 212 g/mol. The third kappa shape index (κ3) is 3.05. The molecule has 2 atom stereocenters. The van der Waals surface area contributed by atoms with Gasteiger partial charge in [-0.2, -0.15) is 0 Å². The average Bonchev–Trinajstić information content (AvgIpc) is 2.38. The number of rotatable bonds is 3. The van der Waals surface area contributed by atoms with Crippen molar-refractivity contribution in [3.63, 3.8) is 0 Å². The van der Waals surface area contributed by atoms with Gasteiger partial charge in [0.15, 0.2) is 0 Å². The highest BCUT2D eigenvalue weighted by Gasteiger charge is 2.22. The Balaban J connectivity index is 2.04. The quantitative estimate of drug-likeness (QED) is 0.870. The van der Waals surface area contributed by atoms with Crippen molar-refractivity contribution in [1.82, 2.24) is 9.88 Å². The second-order valence-corrected chi connectivity index (χ2v) is 4.90. The summed E-state index contributed by atoms with van der Waals surface area (Å²) in [6.45, 7) is 6.18. The Morgan fingerprint density at radius 1 is 1.53 bits per heavy atom. The molecule has 1 saturated heterocycles. The van der Waals surface area contributed by atoms with Crippen molar-refractivity contribution in [1.29, 1.82) is 0 Å². The minimum Gasteiger partial charge on any atom is -0.392 e. The number of nitrogens with zero attached hydrogens (tertiary/aromatic N) is 2. The van der Waals surface area contributed by atoms with Gasteiger partial charge in [0.2, 0.25) is 0 Å². The van der Waals surface area contributed by atoms with Crippen LogP contribution < -0.4 is 0 Å². The molecule has 0 radical (unpaired) electrons. The topological polar surface area (TPSA) is 36.4 Å². The van der Waals surface area contributed by atoms with Crippen molar-refractivity contribution in [2.24, 2.45) is 0 Å². The highest BCUT2D eigenvalue weighted by Crippen LogP contribution is 2.23. The zero-order valence-electron chi connectivity index (χ0n) is 10.8. The fourth-order valence-corrected chi connectivity index (χ4v) is 2.44. The Bertz CT molecular complexity index is 350. The molecule has 0 aliphatic carbocycles. The van der Waals surface area contributed by atoms with Crippen LogP contribution in [-0.4, -0.2) is 34.2 Å². The second-order valence-electron chi connectivity index (χ2n) is 4.90. The predicted molar refractivity (Wildman–Crippen MR) is 68.8 cm³/mol. The Kier molecular flexibility index (Phi) is 4.13. The lowest BCUT2D eigenvalue weighted by Gasteiger charge is -2.34. The Morgan fingerprint density at radius 2 is 2.35 bits per heavy atom. The number of β-amino-alcohol motifs (C(OH)–C–C–N with tert-alkyl or cyclic N) is 1. The summed E-state index contributed by atoms with van der Waals surface area (Å²) in [4.78, 5) is 6.79. The first-order chi connectivity index (χ1) is 8.20. The summed E-state index contributed by atoms with van der Waals surface area (Å²) in [5, 5.41) is 9.70. The minimum atomic E-state index is -0.158. The fraction of sp³-hybridized carbons (Fsp3) is 0.643. The monoisotopic (exact) mass is 234 g/mol. The van der Waals surface area contributed by atoms with E-state index in [1.54, 1.807) is 0 Å². The van der Waals surface area contributed by atoms with Gasteiger partial charge in [-0.05, 0) is 44.4 Å². The number of hydrogen-bond donors (Lipinski definition) is 1. The van der Waals surface area contributed by atoms with E-state index in [9.17, 15) is 5.11 Å². The van der Waals surface area contributed by atoms with E-state index >= 15 is 0 Å². The van der Waals surface area contributed by atoms with E-state index < -0.39 is 0 Å². The van der Waals surface area contributed by atoms with Gasteiger partial charge in [-0.3, -0.25) is 9.88 Å². The van der Waals surface area contributed by atoms with Crippen LogP contribution in [0.25, 0.3) is 0 Å². The van der Waals surface area contributed by atoms with Crippen LogP contribution in [0.5, 0.6) is 0 Å². The van der Waals surface area contributed by atoms with E-state index in [1.807, 2.05) is 6.20 Å². The summed E-state index contributed by atoms with van der Waals surface area (Å²) >= 11 is 0. The smallest absolute Gasteiger partial charge is 0.0667 e. The van der Waals surface area contributed by atoms with Crippen molar-refractivity contribution in [3.8, 4) is 0 Å². The van der Waals surface area contributed by atoms with Gasteiger partial charge in [0.1, 0.15) is 0 Å². The van der Waals surface area contributed by atoms with Crippen LogP contribution >= 0.6 is 0 Å². The second kappa shape index (κ2) is 5.61. The predicted octanol–water partition coefficient (Wildman–Crippen LogP) is 2.16. The minimum absolute atomic E-state index is 0.158. The number of aliphatic hydroxyl groups is 1. The van der Waals surface area contributed by atoms with E-state index in [1.165, 1.54) is 5.56 Å². The van der Waals surface area contributed by atoms with Crippen LogP contribution in [-0.2, 0) is 6.42 Å². The zero-order valence-corrected chi connectivity index (χ0v) is 10.8. The molecule has 1 aromatic rings. The SMILES string of the molecule is CCc1ccc(C(C)N2CCCC(O)C2)cn1. The molecule has 1 fully saturated rings. The molecule has 2 unspecified atom stereocenters. The first kappa shape index (κ1) is 12.5. The lowest BCUT2D eigenvalue weighted by Crippen LogP contribution is -2.39. The van der Waals surface area contributed by atoms with Gasteiger partial charge >= 0.3 is 0 Å². The lowest BCUT2D eigenvalue weighted by molar-refractivity contribution is 0.0503. The van der Waals surface area contributed by atoms with Crippen molar-refractivity contribution in [3.05, 3.63) is 29.6 Å². The molecule has 3 nitrogen and oxygen atoms in total. The lowest BCUT2D eigenvalue weighted by atomic mass is 10.0. The van der Waals surface area contributed by atoms with E-state index in [0.717, 1.165) is 38.0 Å². The normalized spacial score (nSPS) is 23.6. The molecule has 94 valence electrons. The highest BCUT2D eigenvalue weighted by molar-refractivity contribution is 5.17. The standard InChI is InChI=1S/C14H22N2O/c1-3-13-7-6-12(9-15-13)11(2)16-8-4-5-14(17)10-16/h6-7,9,11,14,17H,3-5,8,10H2,1-2H3. The van der Waals surface area contributed by atoms with Crippen LogP contribution in [0.1, 0.15) is 44.0 Å². The van der Waals surface area contributed by atoms with Crippen molar-refractivity contribution >= 4 is 0 Å². The third-order valence-electron chi connectivity index (χ3n) is 3.67. The first-order valence-corrected chi connectivity index (χ1v) is 6.57. The van der Waals surface area contributed by atoms with Gasteiger partial charge in [-0.15, -0.1) is 0 Å². The van der Waals surface area contributed by atoms with E-state index in [0.29, 0.717) is 6.04 Å². The molecule has 0 saturated carbocycles. The number of piperidine rings is 1. The van der Waals surface area contributed by atoms with E-state index in [-0.39, 0.29) is 6.10 Å². The summed E-state index contributed by atoms with van der Waals surface area (Å²) < 4.78 is 0. The van der Waals surface area contributed by atoms with E-state index in [4.69, 9.17) is 0 Å². The van der Waals surface area contributed by atoms with Crippen LogP contribution in [0, 0.1) is 0 Å². The van der Waals surface area contributed by atoms with Gasteiger partial charge in [-0.1, -0.05) is 13.0 Å². The number of aliphatic hydroxyl groups excluding tert-OH is 1. The van der Waals surface area contributed by atoms with Gasteiger partial charge in [-0.25, -0.2) is 0 Å². The van der Waals surface area contributed by atoms with E-state index in [2.05, 4.69) is 35.9 Å². The Morgan fingerprint density at radius 3 is 2.94 bits per heavy atom. The van der Waals surface area contributed by atoms with Crippen LogP contribution in [0.3, 0.4) is 0 Å². The molecule has 3 heteroatoms. The van der Waals surface area contributed by atoms with Gasteiger partial charge in [0, 0.05) is 24.5 Å². The van der Waals surface area contributed by atoms with Crippen LogP contribution in [0.4, 0.5) is 0 Å². The molecule has 1 aliphatic rings. The fourth-order valence-electron chi connectivity index (χ4n) is 2.44. The molecule has 1 aromatic heterocycles. The molecule has 2 heterocycles. The van der Waals surface area contributed by atoms with Crippen LogP contribution in [0.15, 0.2) is 18.3 Å². The maximum Gasteiger partial charge on any atom is 0.0667 e. The molecule has 0 bridgehead atoms. The maximum absolute atomic E-state index is 9.70. The molecular formula is C14H22N2O. The van der Waals surface area contributed by atoms with Gasteiger partial charge in [0.05, 0.1) is 6.10 Å². The first-order valence-electron chi connectivity index (χ1n) is 6.57. The summed E-state index contributed by atoms with van der Waals surface area (Å²) in [6, 6.07) is 4.62.